The number of anilines is 8. The number of rotatable bonds is 10. The van der Waals surface area contributed by atoms with Gasteiger partial charge in [-0.3, -0.25) is 0 Å². The minimum atomic E-state index is -3.03. The van der Waals surface area contributed by atoms with Gasteiger partial charge in [-0.2, -0.15) is 29.9 Å². The van der Waals surface area contributed by atoms with E-state index < -0.39 is 21.4 Å². The quantitative estimate of drug-likeness (QED) is 0.0975. The van der Waals surface area contributed by atoms with Crippen LogP contribution in [-0.4, -0.2) is 99.3 Å². The first-order valence-electron chi connectivity index (χ1n) is 14.7. The van der Waals surface area contributed by atoms with Gasteiger partial charge in [0.15, 0.2) is 21.4 Å². The lowest BCUT2D eigenvalue weighted by Gasteiger charge is -2.26. The number of ether oxygens (including phenoxy) is 2. The minimum absolute atomic E-state index is 0.00322. The van der Waals surface area contributed by atoms with Gasteiger partial charge in [0.05, 0.1) is 36.2 Å². The molecule has 4 aromatic rings. The highest BCUT2D eigenvalue weighted by molar-refractivity contribution is 7.72. The Morgan fingerprint density at radius 3 is 1.38 bits per heavy atom. The van der Waals surface area contributed by atoms with E-state index in [9.17, 15) is 16.8 Å². The number of hydrogen-bond donors (Lipinski definition) is 6. The average molecular weight is 697 g/mol. The first-order valence-corrected chi connectivity index (χ1v) is 17.0. The molecule has 2 aliphatic rings. The second kappa shape index (κ2) is 14.7. The molecule has 0 unspecified atom stereocenters. The Balaban J connectivity index is 1.21. The van der Waals surface area contributed by atoms with Crippen molar-refractivity contribution in [3.63, 3.8) is 0 Å². The molecule has 0 spiro atoms. The van der Waals surface area contributed by atoms with E-state index in [0.717, 1.165) is 0 Å². The Kier molecular flexibility index (Phi) is 10.0. The standard InChI is InChI=1S/C28H32N12O6S2/c29-23-33-25(37-27(35-23)39-7-11-45-12-8-39)31-19-5-3-17(21(15-19)47(41)42)1-2-18-4-6-20(16-22(18)48(43)44)32-26-34-24(30)36-28(38-26)40-9-13-46-14-10-40/h1-6,15-16,47-48H,7-14H2,(H3,29,31,33,35,37)(H3,30,32,34,36,38)/b2-1+. The van der Waals surface area contributed by atoms with Crippen molar-refractivity contribution in [2.75, 3.05) is 84.5 Å². The summed E-state index contributed by atoms with van der Waals surface area (Å²) in [5.41, 5.74) is 13.3. The third-order valence-corrected chi connectivity index (χ3v) is 8.84. The number of nitrogens with zero attached hydrogens (tertiary/aromatic N) is 8. The molecule has 2 saturated heterocycles. The van der Waals surface area contributed by atoms with Crippen LogP contribution in [0.3, 0.4) is 0 Å². The first kappa shape index (κ1) is 32.7. The van der Waals surface area contributed by atoms with Gasteiger partial charge in [0.1, 0.15) is 0 Å². The summed E-state index contributed by atoms with van der Waals surface area (Å²) >= 11 is 0. The van der Waals surface area contributed by atoms with Gasteiger partial charge in [0.25, 0.3) is 0 Å². The van der Waals surface area contributed by atoms with Crippen molar-refractivity contribution in [1.29, 1.82) is 0 Å². The van der Waals surface area contributed by atoms with Gasteiger partial charge in [-0.25, -0.2) is 16.8 Å². The number of hydrogen-bond acceptors (Lipinski definition) is 18. The summed E-state index contributed by atoms with van der Waals surface area (Å²) in [6.07, 6.45) is 3.04. The van der Waals surface area contributed by atoms with E-state index in [1.54, 1.807) is 24.3 Å². The van der Waals surface area contributed by atoms with Crippen LogP contribution in [0.25, 0.3) is 12.2 Å². The number of benzene rings is 2. The first-order chi connectivity index (χ1) is 23.2. The fraction of sp³-hybridized carbons (Fsp3) is 0.286. The van der Waals surface area contributed by atoms with Gasteiger partial charge in [0.2, 0.25) is 35.7 Å². The summed E-state index contributed by atoms with van der Waals surface area (Å²) in [5.74, 6) is 1.07. The molecule has 2 aliphatic heterocycles. The lowest BCUT2D eigenvalue weighted by atomic mass is 10.1. The highest BCUT2D eigenvalue weighted by Gasteiger charge is 2.18. The average Bonchev–Trinajstić information content (AvgIpc) is 3.08. The Bertz CT molecular complexity index is 1840. The Morgan fingerprint density at radius 2 is 1.00 bits per heavy atom. The fourth-order valence-corrected chi connectivity index (χ4v) is 6.17. The molecule has 6 N–H and O–H groups in total. The molecular weight excluding hydrogens is 665 g/mol. The molecule has 0 bridgehead atoms. The summed E-state index contributed by atoms with van der Waals surface area (Å²) in [5, 5.41) is 5.97. The number of morpholine rings is 2. The van der Waals surface area contributed by atoms with Gasteiger partial charge >= 0.3 is 0 Å². The SMILES string of the molecule is Nc1nc(Nc2ccc(/C=C/c3ccc(Nc4nc(N)nc(N5CCOCC5)n4)cc3[SH](=O)=O)c([SH](=O)=O)c2)nc(N2CCOCC2)n1. The predicted octanol–water partition coefficient (Wildman–Crippen LogP) is 0.492. The van der Waals surface area contributed by atoms with Crippen LogP contribution in [0.1, 0.15) is 11.1 Å². The molecule has 0 atom stereocenters. The van der Waals surface area contributed by atoms with Crippen molar-refractivity contribution in [2.45, 2.75) is 9.79 Å². The summed E-state index contributed by atoms with van der Waals surface area (Å²) in [4.78, 5) is 29.3. The van der Waals surface area contributed by atoms with Crippen LogP contribution in [0, 0.1) is 0 Å². The predicted molar refractivity (Wildman–Crippen MR) is 180 cm³/mol. The molecule has 18 nitrogen and oxygen atoms in total. The molecule has 2 aromatic carbocycles. The second-order valence-corrected chi connectivity index (χ2v) is 12.5. The van der Waals surface area contributed by atoms with Crippen molar-refractivity contribution in [3.8, 4) is 0 Å². The molecule has 0 saturated carbocycles. The van der Waals surface area contributed by atoms with Crippen LogP contribution >= 0.6 is 0 Å². The van der Waals surface area contributed by atoms with E-state index >= 15 is 0 Å². The minimum Gasteiger partial charge on any atom is -0.378 e. The van der Waals surface area contributed by atoms with Gasteiger partial charge < -0.3 is 41.4 Å². The third-order valence-electron chi connectivity index (χ3n) is 7.28. The lowest BCUT2D eigenvalue weighted by Crippen LogP contribution is -2.37. The molecule has 2 fully saturated rings. The zero-order valence-corrected chi connectivity index (χ0v) is 27.1. The van der Waals surface area contributed by atoms with Crippen molar-refractivity contribution >= 4 is 80.6 Å². The monoisotopic (exact) mass is 696 g/mol. The van der Waals surface area contributed by atoms with E-state index in [1.807, 2.05) is 9.80 Å². The topological polar surface area (TPSA) is 247 Å². The number of thiol groups is 2. The zero-order chi connectivity index (χ0) is 33.6. The molecule has 2 aromatic heterocycles. The number of nitrogens with one attached hydrogen (secondary N) is 2. The molecule has 0 radical (unpaired) electrons. The van der Waals surface area contributed by atoms with Crippen LogP contribution in [0.2, 0.25) is 0 Å². The van der Waals surface area contributed by atoms with Gasteiger partial charge in [-0.1, -0.05) is 24.3 Å². The normalized spacial score (nSPS) is 15.4. The van der Waals surface area contributed by atoms with Gasteiger partial charge in [-0.15, -0.1) is 0 Å². The second-order valence-electron chi connectivity index (χ2n) is 10.5. The van der Waals surface area contributed by atoms with E-state index in [4.69, 9.17) is 20.9 Å². The third kappa shape index (κ3) is 8.02. The number of aromatic nitrogens is 6. The molecule has 4 heterocycles. The van der Waals surface area contributed by atoms with Crippen molar-refractivity contribution < 1.29 is 26.3 Å². The summed E-state index contributed by atoms with van der Waals surface area (Å²) < 4.78 is 59.7. The largest absolute Gasteiger partial charge is 0.378 e. The Morgan fingerprint density at radius 1 is 0.604 bits per heavy atom. The van der Waals surface area contributed by atoms with Crippen LogP contribution < -0.4 is 31.9 Å². The Hall–Kier alpha value is -5.18. The molecule has 48 heavy (non-hydrogen) atoms. The highest BCUT2D eigenvalue weighted by atomic mass is 32.2. The van der Waals surface area contributed by atoms with E-state index in [0.29, 0.717) is 87.0 Å². The molecular formula is C28H32N12O6S2. The summed E-state index contributed by atoms with van der Waals surface area (Å²) in [6.45, 7) is 4.50. The zero-order valence-electron chi connectivity index (χ0n) is 25.4. The smallest absolute Gasteiger partial charge is 0.233 e. The maximum absolute atomic E-state index is 12.3. The van der Waals surface area contributed by atoms with Crippen molar-refractivity contribution in [3.05, 3.63) is 47.5 Å². The van der Waals surface area contributed by atoms with Crippen molar-refractivity contribution in [2.24, 2.45) is 0 Å². The highest BCUT2D eigenvalue weighted by Crippen LogP contribution is 2.26. The summed E-state index contributed by atoms with van der Waals surface area (Å²) in [7, 11) is -6.07. The van der Waals surface area contributed by atoms with Crippen LogP contribution in [0.4, 0.5) is 47.1 Å². The molecule has 252 valence electrons. The Labute approximate surface area is 278 Å². The number of nitrogens with two attached hydrogens (primary N) is 2. The number of nitrogen functional groups attached to an aromatic ring is 2. The fourth-order valence-electron chi connectivity index (χ4n) is 4.96. The maximum atomic E-state index is 12.3. The van der Waals surface area contributed by atoms with Gasteiger partial charge in [0, 0.05) is 37.6 Å². The van der Waals surface area contributed by atoms with Crippen LogP contribution in [0.15, 0.2) is 46.2 Å². The maximum Gasteiger partial charge on any atom is 0.233 e. The van der Waals surface area contributed by atoms with Crippen LogP contribution in [-0.2, 0) is 30.9 Å². The molecule has 6 rings (SSSR count). The lowest BCUT2D eigenvalue weighted by molar-refractivity contribution is 0.122. The molecule has 20 heteroatoms. The van der Waals surface area contributed by atoms with Crippen LogP contribution in [0.5, 0.6) is 0 Å². The van der Waals surface area contributed by atoms with E-state index in [2.05, 4.69) is 40.5 Å². The van der Waals surface area contributed by atoms with Gasteiger partial charge in [-0.05, 0) is 35.4 Å². The van der Waals surface area contributed by atoms with Crippen molar-refractivity contribution in [1.82, 2.24) is 29.9 Å². The van der Waals surface area contributed by atoms with E-state index in [1.165, 1.54) is 24.3 Å². The molecule has 0 aliphatic carbocycles. The van der Waals surface area contributed by atoms with E-state index in [-0.39, 0.29) is 33.6 Å². The summed E-state index contributed by atoms with van der Waals surface area (Å²) in [6, 6.07) is 9.29. The molecule has 0 amide bonds.